The minimum atomic E-state index is 0. The van der Waals surface area contributed by atoms with Crippen LogP contribution in [0.1, 0.15) is 0 Å². The van der Waals surface area contributed by atoms with Crippen LogP contribution in [0.2, 0.25) is 0 Å². The van der Waals surface area contributed by atoms with Crippen LogP contribution in [0.25, 0.3) is 36.9 Å². The summed E-state index contributed by atoms with van der Waals surface area (Å²) in [5, 5.41) is 0. The van der Waals surface area contributed by atoms with E-state index in [1.54, 1.807) is 0 Å². The largest absolute Gasteiger partial charge is 3.00 e. The van der Waals surface area contributed by atoms with Crippen LogP contribution in [0.3, 0.4) is 0 Å². The molecule has 0 rings (SSSR count). The summed E-state index contributed by atoms with van der Waals surface area (Å²) in [5.41, 5.74) is 0. The molecule has 0 fully saturated rings. The van der Waals surface area contributed by atoms with Gasteiger partial charge in [-0.15, -0.1) is 0 Å². The van der Waals surface area contributed by atoms with Gasteiger partial charge in [-0.2, -0.15) is 0 Å². The van der Waals surface area contributed by atoms with Crippen molar-refractivity contribution >= 4 is 0 Å². The molecular weight excluding hydrogens is 383 g/mol. The van der Waals surface area contributed by atoms with E-state index in [9.17, 15) is 0 Å². The fraction of sp³-hybridized carbons (Fsp3) is 0. The number of halogens is 3. The van der Waals surface area contributed by atoms with Crippen LogP contribution >= 0.6 is 0 Å². The van der Waals surface area contributed by atoms with Crippen LogP contribution in [0, 0.1) is 0 Å². The van der Waals surface area contributed by atoms with Crippen molar-refractivity contribution in [2.75, 3.05) is 0 Å². The zero-order valence-corrected chi connectivity index (χ0v) is 10.7. The van der Waals surface area contributed by atoms with Crippen LogP contribution in [0.4, 0.5) is 0 Å². The van der Waals surface area contributed by atoms with Gasteiger partial charge in [-0.3, -0.25) is 0 Å². The molecular formula is H12Br3CoN6-6. The average molecular weight is 395 g/mol. The Morgan fingerprint density at radius 3 is 0.300 bits per heavy atom. The molecule has 0 unspecified atom stereocenters. The van der Waals surface area contributed by atoms with Gasteiger partial charge in [0.05, 0.1) is 0 Å². The van der Waals surface area contributed by atoms with Gasteiger partial charge in [-0.1, -0.05) is 0 Å². The maximum Gasteiger partial charge on any atom is 3.00 e. The second kappa shape index (κ2) is 346. The Balaban J connectivity index is 0. The van der Waals surface area contributed by atoms with Crippen molar-refractivity contribution in [1.82, 2.24) is 0 Å². The molecule has 0 heterocycles. The number of nitrogens with two attached hydrogens (primary N) is 6. The molecule has 0 atom stereocenters. The number of hydrogen-bond donors (Lipinski definition) is 0. The van der Waals surface area contributed by atoms with Crippen LogP contribution in [0.5, 0.6) is 0 Å². The first kappa shape index (κ1) is 461. The van der Waals surface area contributed by atoms with Crippen LogP contribution < -0.4 is 50.9 Å². The van der Waals surface area contributed by atoms with Gasteiger partial charge >= 0.3 is 16.8 Å². The predicted molar refractivity (Wildman–Crippen MR) is 31.7 cm³/mol. The van der Waals surface area contributed by atoms with E-state index in [0.29, 0.717) is 0 Å². The third-order valence-corrected chi connectivity index (χ3v) is 0. The molecule has 0 aromatic rings. The minimum absolute atomic E-state index is 0. The summed E-state index contributed by atoms with van der Waals surface area (Å²) in [5.74, 6) is 0. The standard InChI is InChI=1S/3BrH.Co.6H2N/h3*1H;;6*1H2/q;;;+3;6*-1/p-3. The summed E-state index contributed by atoms with van der Waals surface area (Å²) in [6.07, 6.45) is 0. The molecule has 0 aliphatic carbocycles. The van der Waals surface area contributed by atoms with Gasteiger partial charge in [-0.05, 0) is 0 Å². The molecule has 0 spiro atoms. The SMILES string of the molecule is [Br-].[Br-].[Br-].[Co+3].[NH2-].[NH2-].[NH2-].[NH2-].[NH2-].[NH2-]. The van der Waals surface area contributed by atoms with Crippen molar-refractivity contribution in [1.29, 1.82) is 0 Å². The molecule has 0 saturated heterocycles. The Bertz CT molecular complexity index is 13.0. The zero-order chi connectivity index (χ0) is 0. The summed E-state index contributed by atoms with van der Waals surface area (Å²) >= 11 is 0. The Labute approximate surface area is 104 Å². The monoisotopic (exact) mass is 392 g/mol. The van der Waals surface area contributed by atoms with Crippen LogP contribution in [-0.4, -0.2) is 0 Å². The number of rotatable bonds is 0. The molecule has 0 bridgehead atoms. The van der Waals surface area contributed by atoms with Crippen LogP contribution in [0.15, 0.2) is 0 Å². The van der Waals surface area contributed by atoms with Crippen molar-refractivity contribution in [2.24, 2.45) is 0 Å². The number of hydrogen-bond acceptors (Lipinski definition) is 0. The Morgan fingerprint density at radius 1 is 0.300 bits per heavy atom. The van der Waals surface area contributed by atoms with Gasteiger partial charge in [0.2, 0.25) is 0 Å². The molecule has 0 aliphatic heterocycles. The molecule has 0 radical (unpaired) electrons. The van der Waals surface area contributed by atoms with Crippen molar-refractivity contribution < 1.29 is 67.7 Å². The van der Waals surface area contributed by atoms with E-state index >= 15 is 0 Å². The summed E-state index contributed by atoms with van der Waals surface area (Å²) in [6, 6.07) is 0. The second-order valence-corrected chi connectivity index (χ2v) is 0. The molecule has 0 aromatic heterocycles. The third kappa shape index (κ3) is 253. The van der Waals surface area contributed by atoms with E-state index in [1.807, 2.05) is 0 Å². The fourth-order valence-electron chi connectivity index (χ4n) is 0. The molecule has 10 heavy (non-hydrogen) atoms. The molecule has 0 aliphatic rings. The van der Waals surface area contributed by atoms with Crippen molar-refractivity contribution in [3.05, 3.63) is 36.9 Å². The first-order chi connectivity index (χ1) is 0. The Kier molecular flexibility index (Phi) is 16000. The average Bonchev–Trinajstić information content (AvgIpc) is 0. The molecule has 6 nitrogen and oxygen atoms in total. The summed E-state index contributed by atoms with van der Waals surface area (Å²) < 4.78 is 0. The Morgan fingerprint density at radius 2 is 0.300 bits per heavy atom. The van der Waals surface area contributed by atoms with E-state index in [1.165, 1.54) is 0 Å². The van der Waals surface area contributed by atoms with Crippen molar-refractivity contribution in [3.8, 4) is 0 Å². The third-order valence-electron chi connectivity index (χ3n) is 0. The van der Waals surface area contributed by atoms with Gasteiger partial charge in [0.15, 0.2) is 0 Å². The topological polar surface area (TPSA) is 201 Å². The maximum absolute atomic E-state index is 0. The van der Waals surface area contributed by atoms with E-state index in [2.05, 4.69) is 0 Å². The van der Waals surface area contributed by atoms with Gasteiger partial charge in [-0.25, -0.2) is 0 Å². The summed E-state index contributed by atoms with van der Waals surface area (Å²) in [7, 11) is 0. The van der Waals surface area contributed by atoms with Gasteiger partial charge in [0, 0.05) is 0 Å². The van der Waals surface area contributed by atoms with Crippen molar-refractivity contribution in [2.45, 2.75) is 0 Å². The van der Waals surface area contributed by atoms with Crippen molar-refractivity contribution in [3.63, 3.8) is 0 Å². The molecule has 78 valence electrons. The molecule has 0 aromatic carbocycles. The van der Waals surface area contributed by atoms with Gasteiger partial charge in [0.1, 0.15) is 0 Å². The summed E-state index contributed by atoms with van der Waals surface area (Å²) in [4.78, 5) is 0. The molecule has 0 amide bonds. The van der Waals surface area contributed by atoms with Gasteiger partial charge < -0.3 is 87.8 Å². The first-order valence-corrected chi connectivity index (χ1v) is 0. The second-order valence-electron chi connectivity index (χ2n) is 0. The Hall–Kier alpha value is 1.71. The van der Waals surface area contributed by atoms with Gasteiger partial charge in [0.25, 0.3) is 0 Å². The normalized spacial score (nSPS) is 0. The van der Waals surface area contributed by atoms with E-state index in [-0.39, 0.29) is 105 Å². The predicted octanol–water partition coefficient (Wildman–Crippen LogP) is -4.69. The van der Waals surface area contributed by atoms with E-state index < -0.39 is 0 Å². The quantitative estimate of drug-likeness (QED) is 0.380. The molecule has 10 heteroatoms. The maximum atomic E-state index is 0. The minimum Gasteiger partial charge on any atom is -1.00 e. The zero-order valence-electron chi connectivity index (χ0n) is 4.93. The van der Waals surface area contributed by atoms with E-state index in [0.717, 1.165) is 0 Å². The first-order valence-electron chi connectivity index (χ1n) is 0. The summed E-state index contributed by atoms with van der Waals surface area (Å²) in [6.45, 7) is 0. The fourth-order valence-corrected chi connectivity index (χ4v) is 0. The van der Waals surface area contributed by atoms with E-state index in [4.69, 9.17) is 0 Å². The molecule has 0 saturated carbocycles. The van der Waals surface area contributed by atoms with Crippen LogP contribution in [-0.2, 0) is 16.8 Å². The smallest absolute Gasteiger partial charge is 1.00 e. The molecule has 12 N–H and O–H groups in total.